The number of imidazole rings is 1. The Morgan fingerprint density at radius 2 is 2.06 bits per heavy atom. The molecule has 4 heteroatoms. The number of nitrogens with one attached hydrogen (secondary N) is 1. The van der Waals surface area contributed by atoms with Crippen molar-refractivity contribution in [2.24, 2.45) is 5.73 Å². The fourth-order valence-electron chi connectivity index (χ4n) is 2.04. The normalized spacial score (nSPS) is 13.1. The first-order valence-corrected chi connectivity index (χ1v) is 6.79. The second-order valence-corrected chi connectivity index (χ2v) is 5.55. The van der Waals surface area contributed by atoms with Gasteiger partial charge in [0.15, 0.2) is 0 Å². The standard InChI is InChI=1S/C14H15N3S/c1-8-6-10-11(7-9(8)2)17-14(16-10)13(15)12-4-3-5-18-12/h3-7,13H,15H2,1-2H3,(H,16,17). The molecular formula is C14H15N3S. The Hall–Kier alpha value is -1.65. The van der Waals surface area contributed by atoms with Gasteiger partial charge in [0.2, 0.25) is 0 Å². The highest BCUT2D eigenvalue weighted by Gasteiger charge is 2.14. The summed E-state index contributed by atoms with van der Waals surface area (Å²) in [6, 6.07) is 8.11. The van der Waals surface area contributed by atoms with Gasteiger partial charge >= 0.3 is 0 Å². The molecule has 1 atom stereocenters. The molecule has 0 radical (unpaired) electrons. The van der Waals surface area contributed by atoms with Gasteiger partial charge in [0.05, 0.1) is 17.1 Å². The molecule has 3 N–H and O–H groups in total. The maximum atomic E-state index is 6.22. The van der Waals surface area contributed by atoms with Gasteiger partial charge in [-0.1, -0.05) is 6.07 Å². The molecule has 92 valence electrons. The minimum absolute atomic E-state index is 0.169. The predicted molar refractivity (Wildman–Crippen MR) is 75.9 cm³/mol. The van der Waals surface area contributed by atoms with Crippen molar-refractivity contribution in [2.75, 3.05) is 0 Å². The first-order chi connectivity index (χ1) is 8.65. The molecule has 0 aliphatic carbocycles. The molecule has 0 saturated carbocycles. The average Bonchev–Trinajstić information content (AvgIpc) is 2.97. The van der Waals surface area contributed by atoms with E-state index >= 15 is 0 Å². The van der Waals surface area contributed by atoms with Crippen LogP contribution in [0.1, 0.15) is 27.9 Å². The Morgan fingerprint density at radius 1 is 1.28 bits per heavy atom. The van der Waals surface area contributed by atoms with Crippen LogP contribution in [0.3, 0.4) is 0 Å². The summed E-state index contributed by atoms with van der Waals surface area (Å²) < 4.78 is 0. The number of hydrogen-bond acceptors (Lipinski definition) is 3. The molecular weight excluding hydrogens is 242 g/mol. The van der Waals surface area contributed by atoms with Gasteiger partial charge in [-0.25, -0.2) is 4.98 Å². The van der Waals surface area contributed by atoms with E-state index in [1.165, 1.54) is 11.1 Å². The number of H-pyrrole nitrogens is 1. The molecule has 2 heterocycles. The SMILES string of the molecule is Cc1cc2nc(C(N)c3cccs3)[nH]c2cc1C. The van der Waals surface area contributed by atoms with Crippen molar-refractivity contribution in [3.05, 3.63) is 51.5 Å². The number of aromatic amines is 1. The lowest BCUT2D eigenvalue weighted by Crippen LogP contribution is -2.11. The van der Waals surface area contributed by atoms with E-state index < -0.39 is 0 Å². The van der Waals surface area contributed by atoms with Gasteiger partial charge in [-0.15, -0.1) is 11.3 Å². The Morgan fingerprint density at radius 3 is 2.78 bits per heavy atom. The zero-order chi connectivity index (χ0) is 12.7. The fraction of sp³-hybridized carbons (Fsp3) is 0.214. The van der Waals surface area contributed by atoms with Crippen LogP contribution in [0.25, 0.3) is 11.0 Å². The van der Waals surface area contributed by atoms with Crippen molar-refractivity contribution in [2.45, 2.75) is 19.9 Å². The first kappa shape index (κ1) is 11.4. The zero-order valence-electron chi connectivity index (χ0n) is 10.4. The molecule has 0 fully saturated rings. The molecule has 3 nitrogen and oxygen atoms in total. The van der Waals surface area contributed by atoms with Crippen molar-refractivity contribution < 1.29 is 0 Å². The number of aryl methyl sites for hydroxylation is 2. The summed E-state index contributed by atoms with van der Waals surface area (Å²) in [5, 5.41) is 2.03. The third-order valence-corrected chi connectivity index (χ3v) is 4.22. The number of hydrogen-bond donors (Lipinski definition) is 2. The van der Waals surface area contributed by atoms with Crippen LogP contribution in [0.5, 0.6) is 0 Å². The van der Waals surface area contributed by atoms with Crippen LogP contribution >= 0.6 is 11.3 Å². The molecule has 2 aromatic heterocycles. The summed E-state index contributed by atoms with van der Waals surface area (Å²) in [5.74, 6) is 0.831. The summed E-state index contributed by atoms with van der Waals surface area (Å²) in [6.07, 6.45) is 0. The second kappa shape index (κ2) is 4.23. The number of benzene rings is 1. The third-order valence-electron chi connectivity index (χ3n) is 3.26. The lowest BCUT2D eigenvalue weighted by atomic mass is 10.1. The molecule has 0 saturated heterocycles. The smallest absolute Gasteiger partial charge is 0.129 e. The van der Waals surface area contributed by atoms with E-state index in [1.54, 1.807) is 11.3 Å². The average molecular weight is 257 g/mol. The number of rotatable bonds is 2. The minimum Gasteiger partial charge on any atom is -0.340 e. The van der Waals surface area contributed by atoms with Gasteiger partial charge in [0.25, 0.3) is 0 Å². The van der Waals surface area contributed by atoms with E-state index in [9.17, 15) is 0 Å². The fourth-order valence-corrected chi connectivity index (χ4v) is 2.77. The number of fused-ring (bicyclic) bond motifs is 1. The van der Waals surface area contributed by atoms with Crippen LogP contribution in [0, 0.1) is 13.8 Å². The van der Waals surface area contributed by atoms with Crippen molar-refractivity contribution in [1.82, 2.24) is 9.97 Å². The molecule has 0 bridgehead atoms. The second-order valence-electron chi connectivity index (χ2n) is 4.57. The van der Waals surface area contributed by atoms with Crippen molar-refractivity contribution >= 4 is 22.4 Å². The van der Waals surface area contributed by atoms with Gasteiger partial charge in [-0.3, -0.25) is 0 Å². The highest BCUT2D eigenvalue weighted by atomic mass is 32.1. The summed E-state index contributed by atoms with van der Waals surface area (Å²) in [7, 11) is 0. The van der Waals surface area contributed by atoms with Crippen LogP contribution in [0.15, 0.2) is 29.6 Å². The minimum atomic E-state index is -0.169. The van der Waals surface area contributed by atoms with E-state index in [1.807, 2.05) is 17.5 Å². The Kier molecular flexibility index (Phi) is 2.69. The lowest BCUT2D eigenvalue weighted by Gasteiger charge is -2.04. The van der Waals surface area contributed by atoms with Crippen molar-refractivity contribution in [3.8, 4) is 0 Å². The third kappa shape index (κ3) is 1.83. The first-order valence-electron chi connectivity index (χ1n) is 5.91. The van der Waals surface area contributed by atoms with E-state index in [0.29, 0.717) is 0 Å². The predicted octanol–water partition coefficient (Wildman–Crippen LogP) is 3.29. The molecule has 0 spiro atoms. The van der Waals surface area contributed by atoms with Gasteiger partial charge in [-0.2, -0.15) is 0 Å². The summed E-state index contributed by atoms with van der Waals surface area (Å²) in [5.41, 5.74) is 10.8. The summed E-state index contributed by atoms with van der Waals surface area (Å²) >= 11 is 1.66. The number of nitrogens with two attached hydrogens (primary N) is 1. The maximum Gasteiger partial charge on any atom is 0.129 e. The number of thiophene rings is 1. The van der Waals surface area contributed by atoms with Crippen LogP contribution in [0.4, 0.5) is 0 Å². The zero-order valence-corrected chi connectivity index (χ0v) is 11.2. The van der Waals surface area contributed by atoms with Crippen LogP contribution in [0.2, 0.25) is 0 Å². The molecule has 0 aliphatic rings. The number of nitrogens with zero attached hydrogens (tertiary/aromatic N) is 1. The molecule has 0 aliphatic heterocycles. The topological polar surface area (TPSA) is 54.7 Å². The van der Waals surface area contributed by atoms with Crippen LogP contribution in [-0.4, -0.2) is 9.97 Å². The summed E-state index contributed by atoms with van der Waals surface area (Å²) in [6.45, 7) is 4.21. The quantitative estimate of drug-likeness (QED) is 0.740. The van der Waals surface area contributed by atoms with E-state index in [4.69, 9.17) is 5.73 Å². The Balaban J connectivity index is 2.08. The highest BCUT2D eigenvalue weighted by molar-refractivity contribution is 7.10. The largest absolute Gasteiger partial charge is 0.340 e. The van der Waals surface area contributed by atoms with Gasteiger partial charge < -0.3 is 10.7 Å². The van der Waals surface area contributed by atoms with Gasteiger partial charge in [-0.05, 0) is 48.6 Å². The molecule has 1 aromatic carbocycles. The van der Waals surface area contributed by atoms with Gasteiger partial charge in [0.1, 0.15) is 5.82 Å². The molecule has 3 rings (SSSR count). The summed E-state index contributed by atoms with van der Waals surface area (Å²) in [4.78, 5) is 9.05. The molecule has 18 heavy (non-hydrogen) atoms. The van der Waals surface area contributed by atoms with Gasteiger partial charge in [0, 0.05) is 4.88 Å². The lowest BCUT2D eigenvalue weighted by molar-refractivity contribution is 0.822. The van der Waals surface area contributed by atoms with E-state index in [2.05, 4.69) is 35.9 Å². The molecule has 3 aromatic rings. The highest BCUT2D eigenvalue weighted by Crippen LogP contribution is 2.25. The van der Waals surface area contributed by atoms with Crippen LogP contribution in [-0.2, 0) is 0 Å². The van der Waals surface area contributed by atoms with Crippen LogP contribution < -0.4 is 5.73 Å². The Labute approximate surface area is 110 Å². The van der Waals surface area contributed by atoms with Crippen molar-refractivity contribution in [1.29, 1.82) is 0 Å². The van der Waals surface area contributed by atoms with E-state index in [0.717, 1.165) is 21.7 Å². The monoisotopic (exact) mass is 257 g/mol. The van der Waals surface area contributed by atoms with Crippen molar-refractivity contribution in [3.63, 3.8) is 0 Å². The Bertz CT molecular complexity index is 643. The molecule has 0 amide bonds. The van der Waals surface area contributed by atoms with E-state index in [-0.39, 0.29) is 6.04 Å². The molecule has 1 unspecified atom stereocenters. The maximum absolute atomic E-state index is 6.22. The number of aromatic nitrogens is 2.